The number of nitrogens with one attached hydrogen (secondary N) is 2. The van der Waals surface area contributed by atoms with Gasteiger partial charge >= 0.3 is 5.97 Å². The summed E-state index contributed by atoms with van der Waals surface area (Å²) in [5, 5.41) is 7.40. The smallest absolute Gasteiger partial charge is 0.350 e. The van der Waals surface area contributed by atoms with Crippen LogP contribution < -0.4 is 15.4 Å². The molecule has 0 aliphatic carbocycles. The summed E-state index contributed by atoms with van der Waals surface area (Å²) in [6, 6.07) is 7.84. The van der Waals surface area contributed by atoms with Crippen molar-refractivity contribution in [3.8, 4) is 5.75 Å². The van der Waals surface area contributed by atoms with Gasteiger partial charge in [-0.25, -0.2) is 9.78 Å². The molecule has 0 fully saturated rings. The quantitative estimate of drug-likeness (QED) is 0.398. The lowest BCUT2D eigenvalue weighted by Crippen LogP contribution is -2.38. The number of benzene rings is 1. The summed E-state index contributed by atoms with van der Waals surface area (Å²) in [5.74, 6) is 1.18. The summed E-state index contributed by atoms with van der Waals surface area (Å²) in [7, 11) is 1.72. The van der Waals surface area contributed by atoms with E-state index in [1.165, 1.54) is 11.3 Å². The fourth-order valence-electron chi connectivity index (χ4n) is 2.55. The fourth-order valence-corrected chi connectivity index (χ4v) is 3.51. The molecule has 2 aromatic rings. The molecule has 152 valence electrons. The van der Waals surface area contributed by atoms with Crippen molar-refractivity contribution in [1.82, 2.24) is 15.6 Å². The van der Waals surface area contributed by atoms with E-state index < -0.39 is 0 Å². The van der Waals surface area contributed by atoms with Gasteiger partial charge in [0.1, 0.15) is 15.6 Å². The molecule has 0 amide bonds. The number of ether oxygens (including phenoxy) is 2. The second-order valence-electron chi connectivity index (χ2n) is 6.06. The van der Waals surface area contributed by atoms with Crippen LogP contribution in [0.5, 0.6) is 5.75 Å². The molecule has 0 aliphatic heterocycles. The topological polar surface area (TPSA) is 84.8 Å². The number of aromatic nitrogens is 1. The van der Waals surface area contributed by atoms with Crippen LogP contribution in [-0.4, -0.2) is 37.2 Å². The molecule has 8 heteroatoms. The minimum absolute atomic E-state index is 0.104. The van der Waals surface area contributed by atoms with Crippen molar-refractivity contribution >= 4 is 23.3 Å². The van der Waals surface area contributed by atoms with Crippen LogP contribution in [0.3, 0.4) is 0 Å². The number of aliphatic imine (C=N–C) groups is 1. The summed E-state index contributed by atoms with van der Waals surface area (Å²) in [6.07, 6.45) is 0. The Kier molecular flexibility index (Phi) is 8.25. The van der Waals surface area contributed by atoms with Crippen LogP contribution in [0.15, 0.2) is 29.3 Å². The molecule has 0 spiro atoms. The van der Waals surface area contributed by atoms with E-state index in [0.717, 1.165) is 16.3 Å². The van der Waals surface area contributed by atoms with Gasteiger partial charge in [-0.05, 0) is 45.4 Å². The van der Waals surface area contributed by atoms with Crippen molar-refractivity contribution in [1.29, 1.82) is 0 Å². The third-order valence-corrected chi connectivity index (χ3v) is 5.21. The highest BCUT2D eigenvalue weighted by Gasteiger charge is 2.20. The summed E-state index contributed by atoms with van der Waals surface area (Å²) in [5.41, 5.74) is 1.78. The lowest BCUT2D eigenvalue weighted by molar-refractivity contribution is 0.0531. The Morgan fingerprint density at radius 3 is 2.79 bits per heavy atom. The van der Waals surface area contributed by atoms with Crippen LogP contribution in [-0.2, 0) is 11.3 Å². The van der Waals surface area contributed by atoms with Crippen molar-refractivity contribution in [2.75, 3.05) is 20.3 Å². The summed E-state index contributed by atoms with van der Waals surface area (Å²) in [6.45, 7) is 9.15. The highest BCUT2D eigenvalue weighted by atomic mass is 32.1. The SMILES string of the molecule is CCOC(=O)c1sc(C(C)NC(=NC)NCc2cccc(OCC)c2)nc1C. The molecule has 0 aliphatic rings. The number of esters is 1. The Labute approximate surface area is 170 Å². The molecular formula is C20H28N4O3S. The minimum Gasteiger partial charge on any atom is -0.494 e. The molecule has 0 saturated carbocycles. The minimum atomic E-state index is -0.326. The van der Waals surface area contributed by atoms with Gasteiger partial charge in [0.2, 0.25) is 0 Å². The average Bonchev–Trinajstić information content (AvgIpc) is 3.08. The van der Waals surface area contributed by atoms with E-state index in [1.807, 2.05) is 45.0 Å². The Bertz CT molecular complexity index is 820. The first-order chi connectivity index (χ1) is 13.5. The Morgan fingerprint density at radius 2 is 2.11 bits per heavy atom. The van der Waals surface area contributed by atoms with E-state index in [2.05, 4.69) is 20.6 Å². The standard InChI is InChI=1S/C20H28N4O3S/c1-6-26-16-10-8-9-15(11-16)12-22-20(21-5)24-14(4)18-23-13(3)17(28-18)19(25)27-7-2/h8-11,14H,6-7,12H2,1-5H3,(H2,21,22,24). The molecule has 1 unspecified atom stereocenters. The number of hydrogen-bond acceptors (Lipinski definition) is 6. The van der Waals surface area contributed by atoms with Gasteiger partial charge in [-0.1, -0.05) is 12.1 Å². The number of thiazole rings is 1. The number of nitrogens with zero attached hydrogens (tertiary/aromatic N) is 2. The van der Waals surface area contributed by atoms with E-state index in [1.54, 1.807) is 14.0 Å². The van der Waals surface area contributed by atoms with Gasteiger partial charge in [-0.3, -0.25) is 4.99 Å². The molecule has 1 aromatic carbocycles. The van der Waals surface area contributed by atoms with Gasteiger partial charge < -0.3 is 20.1 Å². The predicted molar refractivity (Wildman–Crippen MR) is 112 cm³/mol. The molecular weight excluding hydrogens is 376 g/mol. The molecule has 0 radical (unpaired) electrons. The lowest BCUT2D eigenvalue weighted by Gasteiger charge is -2.16. The van der Waals surface area contributed by atoms with Crippen molar-refractivity contribution < 1.29 is 14.3 Å². The van der Waals surface area contributed by atoms with Crippen LogP contribution >= 0.6 is 11.3 Å². The van der Waals surface area contributed by atoms with Crippen LogP contribution in [0, 0.1) is 6.92 Å². The van der Waals surface area contributed by atoms with Gasteiger partial charge in [0.15, 0.2) is 5.96 Å². The molecule has 28 heavy (non-hydrogen) atoms. The number of guanidine groups is 1. The van der Waals surface area contributed by atoms with Crippen molar-refractivity contribution in [2.45, 2.75) is 40.3 Å². The highest BCUT2D eigenvalue weighted by Crippen LogP contribution is 2.24. The normalized spacial score (nSPS) is 12.4. The van der Waals surface area contributed by atoms with Crippen LogP contribution in [0.1, 0.15) is 52.7 Å². The first-order valence-electron chi connectivity index (χ1n) is 9.31. The molecule has 1 atom stereocenters. The summed E-state index contributed by atoms with van der Waals surface area (Å²) < 4.78 is 10.6. The number of hydrogen-bond donors (Lipinski definition) is 2. The average molecular weight is 405 g/mol. The maximum absolute atomic E-state index is 12.0. The maximum Gasteiger partial charge on any atom is 0.350 e. The molecule has 0 saturated heterocycles. The second-order valence-corrected chi connectivity index (χ2v) is 7.09. The van der Waals surface area contributed by atoms with Gasteiger partial charge in [-0.15, -0.1) is 11.3 Å². The zero-order valence-electron chi connectivity index (χ0n) is 17.0. The number of rotatable bonds is 8. The zero-order valence-corrected chi connectivity index (χ0v) is 17.9. The molecule has 2 rings (SSSR count). The third-order valence-electron chi connectivity index (χ3n) is 3.89. The van der Waals surface area contributed by atoms with Crippen molar-refractivity contribution in [2.24, 2.45) is 4.99 Å². The number of aryl methyl sites for hydroxylation is 1. The summed E-state index contributed by atoms with van der Waals surface area (Å²) >= 11 is 1.34. The first kappa shape index (κ1) is 21.7. The Hall–Kier alpha value is -2.61. The van der Waals surface area contributed by atoms with Gasteiger partial charge in [0.25, 0.3) is 0 Å². The lowest BCUT2D eigenvalue weighted by atomic mass is 10.2. The van der Waals surface area contributed by atoms with E-state index in [0.29, 0.717) is 36.3 Å². The van der Waals surface area contributed by atoms with Gasteiger partial charge in [0, 0.05) is 13.6 Å². The maximum atomic E-state index is 12.0. The van der Waals surface area contributed by atoms with Gasteiger partial charge in [0.05, 0.1) is 24.9 Å². The molecule has 1 aromatic heterocycles. The molecule has 0 bridgehead atoms. The van der Waals surface area contributed by atoms with E-state index in [9.17, 15) is 4.79 Å². The number of carbonyl (C=O) groups excluding carboxylic acids is 1. The summed E-state index contributed by atoms with van der Waals surface area (Å²) in [4.78, 5) is 21.3. The second kappa shape index (κ2) is 10.7. The van der Waals surface area contributed by atoms with Crippen LogP contribution in [0.2, 0.25) is 0 Å². The highest BCUT2D eigenvalue weighted by molar-refractivity contribution is 7.13. The van der Waals surface area contributed by atoms with Crippen molar-refractivity contribution in [3.63, 3.8) is 0 Å². The van der Waals surface area contributed by atoms with E-state index in [4.69, 9.17) is 9.47 Å². The number of carbonyl (C=O) groups is 1. The largest absolute Gasteiger partial charge is 0.494 e. The van der Waals surface area contributed by atoms with E-state index >= 15 is 0 Å². The van der Waals surface area contributed by atoms with Crippen LogP contribution in [0.4, 0.5) is 0 Å². The molecule has 2 N–H and O–H groups in total. The van der Waals surface area contributed by atoms with Crippen LogP contribution in [0.25, 0.3) is 0 Å². The van der Waals surface area contributed by atoms with Gasteiger partial charge in [-0.2, -0.15) is 0 Å². The zero-order chi connectivity index (χ0) is 20.5. The Balaban J connectivity index is 1.98. The monoisotopic (exact) mass is 404 g/mol. The van der Waals surface area contributed by atoms with E-state index in [-0.39, 0.29) is 12.0 Å². The first-order valence-corrected chi connectivity index (χ1v) is 10.1. The molecule has 1 heterocycles. The third kappa shape index (κ3) is 5.95. The Morgan fingerprint density at radius 1 is 1.32 bits per heavy atom. The fraction of sp³-hybridized carbons (Fsp3) is 0.450. The molecule has 7 nitrogen and oxygen atoms in total. The van der Waals surface area contributed by atoms with Crippen molar-refractivity contribution in [3.05, 3.63) is 45.4 Å². The predicted octanol–water partition coefficient (Wildman–Crippen LogP) is 3.45.